The standard InChI is InChI=1S/C31H22ClN7/c32-24-18-16-21(17-19-24)20-34-38-31-35-30-27(29(33)39(31)25-14-8-3-9-15-25)26(22-10-4-1-5-11-22)28(36-37-30)23-12-6-2-7-13-23/h1-20,33H,(H,35,37,38). The van der Waals surface area contributed by atoms with E-state index >= 15 is 0 Å². The number of hydrogen-bond acceptors (Lipinski definition) is 6. The summed E-state index contributed by atoms with van der Waals surface area (Å²) in [6.45, 7) is 0. The molecule has 6 rings (SSSR count). The van der Waals surface area contributed by atoms with Crippen LogP contribution in [0.25, 0.3) is 39.1 Å². The molecule has 0 aliphatic heterocycles. The van der Waals surface area contributed by atoms with Gasteiger partial charge in [-0.15, -0.1) is 10.2 Å². The molecule has 0 spiro atoms. The van der Waals surface area contributed by atoms with Crippen molar-refractivity contribution >= 4 is 34.8 Å². The summed E-state index contributed by atoms with van der Waals surface area (Å²) in [4.78, 5) is 4.80. The lowest BCUT2D eigenvalue weighted by atomic mass is 9.97. The average Bonchev–Trinajstić information content (AvgIpc) is 2.99. The highest BCUT2D eigenvalue weighted by Crippen LogP contribution is 2.34. The van der Waals surface area contributed by atoms with Crippen molar-refractivity contribution in [3.63, 3.8) is 0 Å². The van der Waals surface area contributed by atoms with Crippen LogP contribution in [0.4, 0.5) is 5.95 Å². The van der Waals surface area contributed by atoms with E-state index in [1.54, 1.807) is 22.9 Å². The van der Waals surface area contributed by atoms with Gasteiger partial charge in [-0.05, 0) is 35.4 Å². The highest BCUT2D eigenvalue weighted by molar-refractivity contribution is 6.30. The van der Waals surface area contributed by atoms with Crippen LogP contribution in [0.15, 0.2) is 120 Å². The molecule has 2 N–H and O–H groups in total. The number of benzene rings is 4. The maximum absolute atomic E-state index is 9.44. The van der Waals surface area contributed by atoms with Gasteiger partial charge < -0.3 is 0 Å². The molecule has 0 aliphatic carbocycles. The maximum atomic E-state index is 9.44. The molecule has 188 valence electrons. The second-order valence-corrected chi connectivity index (χ2v) is 9.17. The van der Waals surface area contributed by atoms with Crippen LogP contribution in [-0.4, -0.2) is 26.0 Å². The molecule has 0 unspecified atom stereocenters. The van der Waals surface area contributed by atoms with Crippen LogP contribution in [0.2, 0.25) is 5.02 Å². The first-order valence-electron chi connectivity index (χ1n) is 12.3. The highest BCUT2D eigenvalue weighted by Gasteiger charge is 2.20. The van der Waals surface area contributed by atoms with E-state index in [1.165, 1.54) is 0 Å². The smallest absolute Gasteiger partial charge is 0.232 e. The lowest BCUT2D eigenvalue weighted by Gasteiger charge is -2.17. The summed E-state index contributed by atoms with van der Waals surface area (Å²) in [7, 11) is 0. The molecule has 0 radical (unpaired) electrons. The molecule has 0 saturated carbocycles. The van der Waals surface area contributed by atoms with Crippen molar-refractivity contribution < 1.29 is 0 Å². The van der Waals surface area contributed by atoms with Crippen LogP contribution in [0.5, 0.6) is 0 Å². The summed E-state index contributed by atoms with van der Waals surface area (Å²) in [5.74, 6) is 0.338. The average molecular weight is 528 g/mol. The van der Waals surface area contributed by atoms with Gasteiger partial charge in [-0.25, -0.2) is 5.43 Å². The van der Waals surface area contributed by atoms with Crippen molar-refractivity contribution in [3.8, 4) is 28.1 Å². The SMILES string of the molecule is N=c1c2c(-c3ccccc3)c(-c3ccccc3)nnc2nc(NN=Cc2ccc(Cl)cc2)n1-c1ccccc1. The molecule has 0 fully saturated rings. The van der Waals surface area contributed by atoms with Crippen molar-refractivity contribution in [2.24, 2.45) is 5.10 Å². The first-order chi connectivity index (χ1) is 19.2. The number of anilines is 1. The number of fused-ring (bicyclic) bond motifs is 1. The number of hydrazone groups is 1. The second kappa shape index (κ2) is 10.7. The summed E-state index contributed by atoms with van der Waals surface area (Å²) < 4.78 is 1.73. The monoisotopic (exact) mass is 527 g/mol. The maximum Gasteiger partial charge on any atom is 0.232 e. The van der Waals surface area contributed by atoms with Crippen LogP contribution in [-0.2, 0) is 0 Å². The zero-order valence-corrected chi connectivity index (χ0v) is 21.4. The number of hydrogen-bond donors (Lipinski definition) is 2. The molecule has 0 aliphatic rings. The van der Waals surface area contributed by atoms with Crippen LogP contribution in [0, 0.1) is 5.41 Å². The fraction of sp³-hybridized carbons (Fsp3) is 0. The van der Waals surface area contributed by atoms with Crippen molar-refractivity contribution in [1.29, 1.82) is 5.41 Å². The minimum Gasteiger partial charge on any atom is -0.283 e. The predicted octanol–water partition coefficient (Wildman–Crippen LogP) is 6.73. The van der Waals surface area contributed by atoms with E-state index < -0.39 is 0 Å². The molecule has 0 bridgehead atoms. The minimum absolute atomic E-state index is 0.210. The zero-order valence-electron chi connectivity index (χ0n) is 20.7. The van der Waals surface area contributed by atoms with Crippen molar-refractivity contribution in [2.75, 3.05) is 5.43 Å². The zero-order chi connectivity index (χ0) is 26.6. The Labute approximate surface area is 229 Å². The van der Waals surface area contributed by atoms with Gasteiger partial charge >= 0.3 is 0 Å². The molecule has 0 atom stereocenters. The summed E-state index contributed by atoms with van der Waals surface area (Å²) in [6.07, 6.45) is 1.67. The fourth-order valence-corrected chi connectivity index (χ4v) is 4.52. The van der Waals surface area contributed by atoms with Gasteiger partial charge in [0.15, 0.2) is 5.65 Å². The number of halogens is 1. The Hall–Kier alpha value is -5.14. The van der Waals surface area contributed by atoms with E-state index in [9.17, 15) is 5.41 Å². The first kappa shape index (κ1) is 24.2. The topological polar surface area (TPSA) is 91.8 Å². The van der Waals surface area contributed by atoms with Crippen molar-refractivity contribution in [2.45, 2.75) is 0 Å². The van der Waals surface area contributed by atoms with E-state index in [2.05, 4.69) is 20.7 Å². The van der Waals surface area contributed by atoms with Crippen molar-refractivity contribution in [3.05, 3.63) is 131 Å². The van der Waals surface area contributed by atoms with Gasteiger partial charge in [0, 0.05) is 16.1 Å². The van der Waals surface area contributed by atoms with E-state index in [4.69, 9.17) is 16.6 Å². The quantitative estimate of drug-likeness (QED) is 0.185. The number of para-hydroxylation sites is 1. The van der Waals surface area contributed by atoms with E-state index in [0.29, 0.717) is 27.7 Å². The molecule has 0 saturated heterocycles. The van der Waals surface area contributed by atoms with Gasteiger partial charge in [0.25, 0.3) is 0 Å². The number of nitrogens with zero attached hydrogens (tertiary/aromatic N) is 5. The summed E-state index contributed by atoms with van der Waals surface area (Å²) in [6, 6.07) is 36.8. The molecule has 4 aromatic carbocycles. The van der Waals surface area contributed by atoms with Gasteiger partial charge in [-0.2, -0.15) is 10.1 Å². The summed E-state index contributed by atoms with van der Waals surface area (Å²) >= 11 is 6.00. The minimum atomic E-state index is 0.210. The molecule has 8 heteroatoms. The van der Waals surface area contributed by atoms with Gasteiger partial charge in [-0.1, -0.05) is 103 Å². The van der Waals surface area contributed by atoms with E-state index in [1.807, 2.05) is 103 Å². The molecule has 39 heavy (non-hydrogen) atoms. The van der Waals surface area contributed by atoms with Gasteiger partial charge in [0.2, 0.25) is 5.95 Å². The lowest BCUT2D eigenvalue weighted by molar-refractivity contribution is 0.897. The van der Waals surface area contributed by atoms with E-state index in [0.717, 1.165) is 27.9 Å². The molecule has 2 heterocycles. The van der Waals surface area contributed by atoms with E-state index in [-0.39, 0.29) is 5.49 Å². The summed E-state index contributed by atoms with van der Waals surface area (Å²) in [5, 5.41) is 24.1. The van der Waals surface area contributed by atoms with Crippen LogP contribution in [0.3, 0.4) is 0 Å². The van der Waals surface area contributed by atoms with Gasteiger partial charge in [0.05, 0.1) is 17.3 Å². The van der Waals surface area contributed by atoms with Gasteiger partial charge in [0.1, 0.15) is 11.2 Å². The van der Waals surface area contributed by atoms with Crippen LogP contribution < -0.4 is 10.9 Å². The van der Waals surface area contributed by atoms with Gasteiger partial charge in [-0.3, -0.25) is 9.98 Å². The highest BCUT2D eigenvalue weighted by atomic mass is 35.5. The molecular weight excluding hydrogens is 506 g/mol. The third-order valence-corrected chi connectivity index (χ3v) is 6.46. The first-order valence-corrected chi connectivity index (χ1v) is 12.7. The predicted molar refractivity (Wildman–Crippen MR) is 156 cm³/mol. The van der Waals surface area contributed by atoms with Crippen LogP contribution in [0.1, 0.15) is 5.56 Å². The second-order valence-electron chi connectivity index (χ2n) is 8.73. The Bertz CT molecular complexity index is 1830. The van der Waals surface area contributed by atoms with Crippen LogP contribution >= 0.6 is 11.6 Å². The Morgan fingerprint density at radius 3 is 2.03 bits per heavy atom. The molecule has 7 nitrogen and oxygen atoms in total. The Morgan fingerprint density at radius 1 is 0.744 bits per heavy atom. The lowest BCUT2D eigenvalue weighted by Crippen LogP contribution is -2.24. The number of nitrogens with one attached hydrogen (secondary N) is 2. The third-order valence-electron chi connectivity index (χ3n) is 6.21. The molecule has 2 aromatic heterocycles. The molecule has 0 amide bonds. The Morgan fingerprint density at radius 2 is 1.36 bits per heavy atom. The largest absolute Gasteiger partial charge is 0.283 e. The number of rotatable bonds is 6. The Kier molecular flexibility index (Phi) is 6.64. The molecule has 6 aromatic rings. The molecular formula is C31H22ClN7. The fourth-order valence-electron chi connectivity index (χ4n) is 4.40. The normalized spacial score (nSPS) is 11.2. The Balaban J connectivity index is 1.60. The number of aromatic nitrogens is 4. The third kappa shape index (κ3) is 4.91. The van der Waals surface area contributed by atoms with Crippen molar-refractivity contribution in [1.82, 2.24) is 19.7 Å². The summed E-state index contributed by atoms with van der Waals surface area (Å²) in [5.41, 5.74) is 8.51.